The van der Waals surface area contributed by atoms with Crippen molar-refractivity contribution in [1.29, 1.82) is 0 Å². The molecule has 0 spiro atoms. The topological polar surface area (TPSA) is 30.9 Å². The highest BCUT2D eigenvalue weighted by atomic mass is 32.2. The zero-order chi connectivity index (χ0) is 22.4. The smallest absolute Gasteiger partial charge is 0.374 e. The fraction of sp³-hybridized carbons (Fsp3) is 0.458. The Bertz CT molecular complexity index is 690. The first-order valence-electron chi connectivity index (χ1n) is 11.0. The Morgan fingerprint density at radius 1 is 0.806 bits per heavy atom. The van der Waals surface area contributed by atoms with Crippen molar-refractivity contribution in [3.63, 3.8) is 0 Å². The molecule has 0 N–H and O–H groups in total. The third-order valence-corrected chi connectivity index (χ3v) is 9.40. The van der Waals surface area contributed by atoms with Gasteiger partial charge in [0.15, 0.2) is 0 Å². The van der Waals surface area contributed by atoms with Crippen LogP contribution >= 0.6 is 24.0 Å². The van der Waals surface area contributed by atoms with Crippen LogP contribution in [0.1, 0.15) is 38.3 Å². The quantitative estimate of drug-likeness (QED) is 0.184. The molecule has 0 heterocycles. The van der Waals surface area contributed by atoms with E-state index in [2.05, 4.69) is 53.4 Å². The molecular formula is C24H35NO3S2Si. The second-order valence-corrected chi connectivity index (χ2v) is 11.5. The molecule has 4 nitrogen and oxygen atoms in total. The largest absolute Gasteiger partial charge is 0.500 e. The molecule has 0 saturated carbocycles. The van der Waals surface area contributed by atoms with Gasteiger partial charge in [-0.15, -0.1) is 0 Å². The Hall–Kier alpha value is -1.22. The second-order valence-electron chi connectivity index (χ2n) is 7.03. The number of benzene rings is 2. The van der Waals surface area contributed by atoms with E-state index in [4.69, 9.17) is 25.5 Å². The maximum absolute atomic E-state index is 5.96. The second kappa shape index (κ2) is 14.8. The van der Waals surface area contributed by atoms with Crippen LogP contribution in [0.25, 0.3) is 0 Å². The van der Waals surface area contributed by atoms with Crippen LogP contribution in [0.2, 0.25) is 6.04 Å². The predicted molar refractivity (Wildman–Crippen MR) is 137 cm³/mol. The summed E-state index contributed by atoms with van der Waals surface area (Å²) >= 11 is 7.57. The van der Waals surface area contributed by atoms with Gasteiger partial charge in [-0.05, 0) is 38.3 Å². The molecule has 0 aliphatic heterocycles. The molecule has 0 amide bonds. The molecule has 0 radical (unpaired) electrons. The van der Waals surface area contributed by atoms with E-state index < -0.39 is 8.80 Å². The van der Waals surface area contributed by atoms with Gasteiger partial charge in [0.2, 0.25) is 0 Å². The monoisotopic (exact) mass is 477 g/mol. The Labute approximate surface area is 198 Å². The summed E-state index contributed by atoms with van der Waals surface area (Å²) in [7, 11) is -2.59. The van der Waals surface area contributed by atoms with Crippen LogP contribution in [0.15, 0.2) is 60.7 Å². The summed E-state index contributed by atoms with van der Waals surface area (Å²) in [6.07, 6.45) is 0.946. The van der Waals surface area contributed by atoms with E-state index in [-0.39, 0.29) is 0 Å². The summed E-state index contributed by atoms with van der Waals surface area (Å²) in [5, 5.41) is 0. The third kappa shape index (κ3) is 9.43. The molecule has 0 aromatic heterocycles. The Morgan fingerprint density at radius 2 is 1.26 bits per heavy atom. The molecule has 0 bridgehead atoms. The van der Waals surface area contributed by atoms with Gasteiger partial charge >= 0.3 is 8.80 Å². The number of thioether (sulfide) groups is 1. The summed E-state index contributed by atoms with van der Waals surface area (Å²) in [5.74, 6) is 0.918. The van der Waals surface area contributed by atoms with Crippen molar-refractivity contribution in [1.82, 2.24) is 4.90 Å². The van der Waals surface area contributed by atoms with E-state index in [1.54, 1.807) is 11.8 Å². The molecule has 7 heteroatoms. The van der Waals surface area contributed by atoms with Gasteiger partial charge in [-0.3, -0.25) is 0 Å². The van der Waals surface area contributed by atoms with Gasteiger partial charge in [-0.2, -0.15) is 0 Å². The maximum Gasteiger partial charge on any atom is 0.500 e. The first-order valence-corrected chi connectivity index (χ1v) is 14.4. The van der Waals surface area contributed by atoms with Crippen LogP contribution in [-0.2, 0) is 26.4 Å². The molecular weight excluding hydrogens is 442 g/mol. The van der Waals surface area contributed by atoms with Crippen molar-refractivity contribution in [3.05, 3.63) is 71.8 Å². The van der Waals surface area contributed by atoms with Crippen LogP contribution in [0.5, 0.6) is 0 Å². The van der Waals surface area contributed by atoms with Gasteiger partial charge in [0.25, 0.3) is 0 Å². The van der Waals surface area contributed by atoms with Gasteiger partial charge < -0.3 is 18.2 Å². The van der Waals surface area contributed by atoms with Crippen LogP contribution in [0.3, 0.4) is 0 Å². The molecule has 0 saturated heterocycles. The molecule has 170 valence electrons. The highest BCUT2D eigenvalue weighted by Gasteiger charge is 2.39. The minimum Gasteiger partial charge on any atom is -0.374 e. The van der Waals surface area contributed by atoms with Gasteiger partial charge in [0.05, 0.1) is 0 Å². The van der Waals surface area contributed by atoms with E-state index in [9.17, 15) is 0 Å². The number of thiocarbonyl (C=S) groups is 1. The van der Waals surface area contributed by atoms with E-state index in [1.807, 2.05) is 32.9 Å². The number of rotatable bonds is 14. The molecule has 31 heavy (non-hydrogen) atoms. The molecule has 0 aliphatic carbocycles. The summed E-state index contributed by atoms with van der Waals surface area (Å²) in [4.78, 5) is 2.28. The van der Waals surface area contributed by atoms with Crippen molar-refractivity contribution < 1.29 is 13.3 Å². The van der Waals surface area contributed by atoms with Crippen molar-refractivity contribution >= 4 is 37.1 Å². The summed E-state index contributed by atoms with van der Waals surface area (Å²) in [6, 6.07) is 21.8. The van der Waals surface area contributed by atoms with Crippen LogP contribution in [-0.4, -0.2) is 43.6 Å². The number of hydrogen-bond acceptors (Lipinski definition) is 5. The van der Waals surface area contributed by atoms with Crippen LogP contribution in [0, 0.1) is 0 Å². The van der Waals surface area contributed by atoms with Crippen molar-refractivity contribution in [3.8, 4) is 0 Å². The minimum absolute atomic E-state index is 0.611. The van der Waals surface area contributed by atoms with Gasteiger partial charge in [-0.1, -0.05) is 84.6 Å². The van der Waals surface area contributed by atoms with Crippen molar-refractivity contribution in [2.45, 2.75) is 46.3 Å². The maximum atomic E-state index is 5.96. The lowest BCUT2D eigenvalue weighted by Crippen LogP contribution is -2.46. The normalized spacial score (nSPS) is 11.5. The average molecular weight is 478 g/mol. The van der Waals surface area contributed by atoms with Crippen LogP contribution in [0.4, 0.5) is 0 Å². The Balaban J connectivity index is 1.95. The molecule has 2 rings (SSSR count). The molecule has 0 atom stereocenters. The fourth-order valence-electron chi connectivity index (χ4n) is 3.33. The summed E-state index contributed by atoms with van der Waals surface area (Å²) < 4.78 is 18.8. The van der Waals surface area contributed by atoms with Gasteiger partial charge in [0, 0.05) is 44.7 Å². The van der Waals surface area contributed by atoms with Crippen molar-refractivity contribution in [2.24, 2.45) is 0 Å². The van der Waals surface area contributed by atoms with E-state index in [0.717, 1.165) is 35.6 Å². The number of hydrogen-bond donors (Lipinski definition) is 0. The lowest BCUT2D eigenvalue weighted by atomic mass is 10.2. The zero-order valence-corrected chi connectivity index (χ0v) is 21.6. The predicted octanol–water partition coefficient (Wildman–Crippen LogP) is 6.15. The lowest BCUT2D eigenvalue weighted by molar-refractivity contribution is 0.0712. The van der Waals surface area contributed by atoms with Gasteiger partial charge in [-0.25, -0.2) is 0 Å². The van der Waals surface area contributed by atoms with E-state index in [1.165, 1.54) is 11.1 Å². The molecule has 0 unspecified atom stereocenters. The first-order chi connectivity index (χ1) is 15.1. The van der Waals surface area contributed by atoms with Crippen LogP contribution < -0.4 is 0 Å². The average Bonchev–Trinajstić information content (AvgIpc) is 2.78. The molecule has 0 aliphatic rings. The highest BCUT2D eigenvalue weighted by Crippen LogP contribution is 2.22. The Kier molecular flexibility index (Phi) is 12.4. The first kappa shape index (κ1) is 26.0. The molecule has 2 aromatic carbocycles. The summed E-state index contributed by atoms with van der Waals surface area (Å²) in [6.45, 7) is 9.42. The molecule has 0 fully saturated rings. The Morgan fingerprint density at radius 3 is 1.68 bits per heavy atom. The SMILES string of the molecule is CCO[Si](CCCSC(=S)N(Cc1ccccc1)Cc1ccccc1)(OCC)OCC. The minimum atomic E-state index is -2.59. The summed E-state index contributed by atoms with van der Waals surface area (Å²) in [5.41, 5.74) is 2.52. The van der Waals surface area contributed by atoms with Crippen molar-refractivity contribution in [2.75, 3.05) is 25.6 Å². The fourth-order valence-corrected chi connectivity index (χ4v) is 7.36. The van der Waals surface area contributed by atoms with Gasteiger partial charge in [0.1, 0.15) is 4.32 Å². The zero-order valence-electron chi connectivity index (χ0n) is 18.9. The lowest BCUT2D eigenvalue weighted by Gasteiger charge is -2.29. The van der Waals surface area contributed by atoms with E-state index >= 15 is 0 Å². The standard InChI is InChI=1S/C24H35NO3S2Si/c1-4-26-31(27-5-2,28-6-3)19-13-18-30-24(29)25(20-22-14-9-7-10-15-22)21-23-16-11-8-12-17-23/h7-12,14-17H,4-6,13,18-21H2,1-3H3. The molecule has 2 aromatic rings. The number of nitrogens with zero attached hydrogens (tertiary/aromatic N) is 1. The highest BCUT2D eigenvalue weighted by molar-refractivity contribution is 8.22. The third-order valence-electron chi connectivity index (χ3n) is 4.64. The van der Waals surface area contributed by atoms with E-state index in [0.29, 0.717) is 19.8 Å².